The van der Waals surface area contributed by atoms with E-state index in [1.807, 2.05) is 0 Å². The zero-order chi connectivity index (χ0) is 12.4. The van der Waals surface area contributed by atoms with Crippen LogP contribution in [0.5, 0.6) is 0 Å². The van der Waals surface area contributed by atoms with Crippen LogP contribution >= 0.6 is 0 Å². The topological polar surface area (TPSA) is 12.0 Å². The molecule has 100 valence electrons. The van der Waals surface area contributed by atoms with Gasteiger partial charge in [-0.25, -0.2) is 0 Å². The summed E-state index contributed by atoms with van der Waals surface area (Å²) >= 11 is 0. The third kappa shape index (κ3) is 3.05. The molecule has 1 heteroatoms. The molecule has 0 amide bonds. The minimum absolute atomic E-state index is 0.754. The maximum atomic E-state index is 3.75. The van der Waals surface area contributed by atoms with Crippen molar-refractivity contribution in [3.63, 3.8) is 0 Å². The Balaban J connectivity index is 1.89. The molecule has 5 atom stereocenters. The fourth-order valence-electron chi connectivity index (χ4n) is 4.20. The fourth-order valence-corrected chi connectivity index (χ4v) is 4.20. The molecule has 1 nitrogen and oxygen atoms in total. The van der Waals surface area contributed by atoms with Crippen LogP contribution in [0.4, 0.5) is 0 Å². The minimum atomic E-state index is 0.754. The van der Waals surface area contributed by atoms with Crippen LogP contribution in [-0.4, -0.2) is 12.6 Å². The Labute approximate surface area is 108 Å². The maximum Gasteiger partial charge on any atom is 0.00977 e. The molecule has 0 aromatic carbocycles. The highest BCUT2D eigenvalue weighted by molar-refractivity contribution is 4.92. The van der Waals surface area contributed by atoms with Crippen LogP contribution in [-0.2, 0) is 0 Å². The molecule has 0 aliphatic heterocycles. The van der Waals surface area contributed by atoms with Gasteiger partial charge >= 0.3 is 0 Å². The number of hydrogen-bond donors (Lipinski definition) is 1. The second-order valence-electron chi connectivity index (χ2n) is 6.94. The standard InChI is InChI=1S/C16H31N/c1-5-17-16(12(4)11(2)3)10-15-9-13-6-7-14(15)8-13/h11-17H,5-10H2,1-4H3. The summed E-state index contributed by atoms with van der Waals surface area (Å²) in [5, 5.41) is 3.75. The van der Waals surface area contributed by atoms with Crippen LogP contribution < -0.4 is 5.32 Å². The van der Waals surface area contributed by atoms with E-state index >= 15 is 0 Å². The van der Waals surface area contributed by atoms with Crippen molar-refractivity contribution in [1.29, 1.82) is 0 Å². The first-order valence-corrected chi connectivity index (χ1v) is 7.85. The lowest BCUT2D eigenvalue weighted by molar-refractivity contribution is 0.217. The minimum Gasteiger partial charge on any atom is -0.314 e. The lowest BCUT2D eigenvalue weighted by atomic mass is 9.79. The summed E-state index contributed by atoms with van der Waals surface area (Å²) in [6, 6.07) is 0.754. The first-order valence-electron chi connectivity index (χ1n) is 7.85. The quantitative estimate of drug-likeness (QED) is 0.734. The number of fused-ring (bicyclic) bond motifs is 2. The van der Waals surface area contributed by atoms with Crippen LogP contribution in [0.15, 0.2) is 0 Å². The van der Waals surface area contributed by atoms with E-state index < -0.39 is 0 Å². The van der Waals surface area contributed by atoms with Gasteiger partial charge in [0.15, 0.2) is 0 Å². The molecule has 0 aromatic rings. The monoisotopic (exact) mass is 237 g/mol. The van der Waals surface area contributed by atoms with E-state index in [4.69, 9.17) is 0 Å². The van der Waals surface area contributed by atoms with E-state index in [0.717, 1.165) is 42.2 Å². The summed E-state index contributed by atoms with van der Waals surface area (Å²) in [7, 11) is 0. The summed E-state index contributed by atoms with van der Waals surface area (Å²) in [6.45, 7) is 10.6. The Kier molecular flexibility index (Phi) is 4.52. The smallest absolute Gasteiger partial charge is 0.00977 e. The predicted octanol–water partition coefficient (Wildman–Crippen LogP) is 4.08. The fraction of sp³-hybridized carbons (Fsp3) is 1.00. The first kappa shape index (κ1) is 13.4. The molecule has 0 heterocycles. The van der Waals surface area contributed by atoms with Gasteiger partial charge in [0.25, 0.3) is 0 Å². The molecule has 0 spiro atoms. The van der Waals surface area contributed by atoms with E-state index in [9.17, 15) is 0 Å². The van der Waals surface area contributed by atoms with Gasteiger partial charge in [-0.15, -0.1) is 0 Å². The summed E-state index contributed by atoms with van der Waals surface area (Å²) in [4.78, 5) is 0. The van der Waals surface area contributed by atoms with Crippen molar-refractivity contribution in [2.45, 2.75) is 65.8 Å². The number of rotatable bonds is 6. The van der Waals surface area contributed by atoms with Gasteiger partial charge in [-0.1, -0.05) is 34.1 Å². The zero-order valence-electron chi connectivity index (χ0n) is 12.2. The van der Waals surface area contributed by atoms with Gasteiger partial charge in [0.2, 0.25) is 0 Å². The molecule has 1 N–H and O–H groups in total. The highest BCUT2D eigenvalue weighted by atomic mass is 14.9. The number of hydrogen-bond acceptors (Lipinski definition) is 1. The molecule has 0 radical (unpaired) electrons. The zero-order valence-corrected chi connectivity index (χ0v) is 12.2. The van der Waals surface area contributed by atoms with Crippen molar-refractivity contribution >= 4 is 0 Å². The van der Waals surface area contributed by atoms with Crippen molar-refractivity contribution in [3.8, 4) is 0 Å². The van der Waals surface area contributed by atoms with Crippen molar-refractivity contribution in [1.82, 2.24) is 5.32 Å². The van der Waals surface area contributed by atoms with Gasteiger partial charge in [-0.2, -0.15) is 0 Å². The summed E-state index contributed by atoms with van der Waals surface area (Å²) in [6.07, 6.45) is 7.60. The maximum absolute atomic E-state index is 3.75. The molecule has 2 aliphatic carbocycles. The Morgan fingerprint density at radius 1 is 1.12 bits per heavy atom. The molecular formula is C16H31N. The van der Waals surface area contributed by atoms with Crippen molar-refractivity contribution in [3.05, 3.63) is 0 Å². The Morgan fingerprint density at radius 2 is 1.88 bits per heavy atom. The molecule has 17 heavy (non-hydrogen) atoms. The highest BCUT2D eigenvalue weighted by Gasteiger charge is 2.40. The van der Waals surface area contributed by atoms with E-state index in [1.54, 1.807) is 6.42 Å². The van der Waals surface area contributed by atoms with E-state index in [0.29, 0.717) is 0 Å². The van der Waals surface area contributed by atoms with Gasteiger partial charge in [0, 0.05) is 6.04 Å². The Morgan fingerprint density at radius 3 is 2.35 bits per heavy atom. The third-order valence-corrected chi connectivity index (χ3v) is 5.59. The predicted molar refractivity (Wildman–Crippen MR) is 75.0 cm³/mol. The summed E-state index contributed by atoms with van der Waals surface area (Å²) in [5.74, 6) is 4.84. The molecule has 2 rings (SSSR count). The van der Waals surface area contributed by atoms with Crippen molar-refractivity contribution in [2.24, 2.45) is 29.6 Å². The molecule has 0 aromatic heterocycles. The lowest BCUT2D eigenvalue weighted by Gasteiger charge is -2.32. The van der Waals surface area contributed by atoms with Crippen molar-refractivity contribution < 1.29 is 0 Å². The average Bonchev–Trinajstić information content (AvgIpc) is 2.89. The van der Waals surface area contributed by atoms with E-state index in [-0.39, 0.29) is 0 Å². The summed E-state index contributed by atoms with van der Waals surface area (Å²) in [5.41, 5.74) is 0. The second kappa shape index (κ2) is 5.73. The highest BCUT2D eigenvalue weighted by Crippen LogP contribution is 2.50. The van der Waals surface area contributed by atoms with Crippen LogP contribution in [0, 0.1) is 29.6 Å². The number of nitrogens with one attached hydrogen (secondary N) is 1. The molecule has 0 saturated heterocycles. The van der Waals surface area contributed by atoms with E-state index in [2.05, 4.69) is 33.0 Å². The van der Waals surface area contributed by atoms with Gasteiger partial charge in [-0.3, -0.25) is 0 Å². The molecular weight excluding hydrogens is 206 g/mol. The van der Waals surface area contributed by atoms with E-state index in [1.165, 1.54) is 25.7 Å². The van der Waals surface area contributed by atoms with Crippen LogP contribution in [0.1, 0.15) is 59.8 Å². The van der Waals surface area contributed by atoms with Gasteiger partial charge in [-0.05, 0) is 61.8 Å². The normalized spacial score (nSPS) is 35.5. The first-order chi connectivity index (χ1) is 8.11. The summed E-state index contributed by atoms with van der Waals surface area (Å²) < 4.78 is 0. The SMILES string of the molecule is CCNC(CC1CC2CCC1C2)C(C)C(C)C. The molecule has 2 saturated carbocycles. The second-order valence-corrected chi connectivity index (χ2v) is 6.94. The molecule has 2 fully saturated rings. The van der Waals surface area contributed by atoms with Gasteiger partial charge < -0.3 is 5.32 Å². The van der Waals surface area contributed by atoms with Crippen LogP contribution in [0.25, 0.3) is 0 Å². The van der Waals surface area contributed by atoms with Crippen LogP contribution in [0.2, 0.25) is 0 Å². The Hall–Kier alpha value is -0.0400. The average molecular weight is 237 g/mol. The largest absolute Gasteiger partial charge is 0.314 e. The molecule has 2 bridgehead atoms. The van der Waals surface area contributed by atoms with Gasteiger partial charge in [0.05, 0.1) is 0 Å². The molecule has 5 unspecified atom stereocenters. The third-order valence-electron chi connectivity index (χ3n) is 5.59. The van der Waals surface area contributed by atoms with Crippen LogP contribution in [0.3, 0.4) is 0 Å². The lowest BCUT2D eigenvalue weighted by Crippen LogP contribution is -2.39. The van der Waals surface area contributed by atoms with Crippen molar-refractivity contribution in [2.75, 3.05) is 6.54 Å². The molecule has 2 aliphatic rings. The Bertz CT molecular complexity index is 236. The van der Waals surface area contributed by atoms with Gasteiger partial charge in [0.1, 0.15) is 0 Å².